The van der Waals surface area contributed by atoms with E-state index in [9.17, 15) is 0 Å². The van der Waals surface area contributed by atoms with Gasteiger partial charge < -0.3 is 21.6 Å². The number of anilines is 2. The van der Waals surface area contributed by atoms with Gasteiger partial charge >= 0.3 is 0 Å². The van der Waals surface area contributed by atoms with Crippen molar-refractivity contribution in [1.29, 1.82) is 5.41 Å². The zero-order valence-electron chi connectivity index (χ0n) is 14.5. The Kier molecular flexibility index (Phi) is 5.91. The molecule has 0 radical (unpaired) electrons. The number of hydrogen-bond donors (Lipinski definition) is 5. The Balaban J connectivity index is 1.83. The molecule has 0 unspecified atom stereocenters. The summed E-state index contributed by atoms with van der Waals surface area (Å²) in [7, 11) is 0. The lowest BCUT2D eigenvalue weighted by atomic mass is 10.2. The Morgan fingerprint density at radius 2 is 2.15 bits per heavy atom. The van der Waals surface area contributed by atoms with Crippen LogP contribution >= 0.6 is 11.3 Å². The first-order valence-corrected chi connectivity index (χ1v) is 9.03. The van der Waals surface area contributed by atoms with Gasteiger partial charge in [-0.15, -0.1) is 11.3 Å². The van der Waals surface area contributed by atoms with Crippen LogP contribution in [-0.4, -0.2) is 39.4 Å². The molecule has 140 valence electrons. The van der Waals surface area contributed by atoms with Gasteiger partial charge in [-0.25, -0.2) is 20.8 Å². The topological polar surface area (TPSA) is 150 Å². The second kappa shape index (κ2) is 8.54. The van der Waals surface area contributed by atoms with Gasteiger partial charge in [0.1, 0.15) is 4.83 Å². The third-order valence-electron chi connectivity index (χ3n) is 3.73. The number of thiazole rings is 1. The summed E-state index contributed by atoms with van der Waals surface area (Å²) < 4.78 is 0. The fourth-order valence-corrected chi connectivity index (χ4v) is 3.09. The Hall–Kier alpha value is -3.08. The lowest BCUT2D eigenvalue weighted by molar-refractivity contribution is 0.298. The van der Waals surface area contributed by atoms with Crippen molar-refractivity contribution in [2.45, 2.75) is 6.54 Å². The van der Waals surface area contributed by atoms with Crippen molar-refractivity contribution in [3.63, 3.8) is 0 Å². The molecule has 0 bridgehead atoms. The van der Waals surface area contributed by atoms with Crippen molar-refractivity contribution in [2.24, 2.45) is 5.84 Å². The molecule has 0 aliphatic rings. The van der Waals surface area contributed by atoms with Gasteiger partial charge in [-0.2, -0.15) is 0 Å². The number of nitrogens with two attached hydrogens (primary N) is 2. The highest BCUT2D eigenvalue weighted by Crippen LogP contribution is 2.23. The Morgan fingerprint density at radius 1 is 1.30 bits per heavy atom. The minimum absolute atomic E-state index is 0.00409. The summed E-state index contributed by atoms with van der Waals surface area (Å²) in [5.41, 5.74) is 10.9. The minimum atomic E-state index is -0.00409. The number of hydrogen-bond acceptors (Lipinski definition) is 10. The van der Waals surface area contributed by atoms with Crippen LogP contribution in [0.2, 0.25) is 0 Å². The highest BCUT2D eigenvalue weighted by Gasteiger charge is 2.13. The van der Waals surface area contributed by atoms with E-state index in [0.29, 0.717) is 35.9 Å². The number of aromatic nitrogens is 3. The van der Waals surface area contributed by atoms with Crippen molar-refractivity contribution < 1.29 is 5.11 Å². The minimum Gasteiger partial charge on any atom is -0.396 e. The van der Waals surface area contributed by atoms with Gasteiger partial charge in [0.15, 0.2) is 5.82 Å². The van der Waals surface area contributed by atoms with Crippen molar-refractivity contribution in [3.05, 3.63) is 47.4 Å². The molecule has 0 saturated heterocycles. The number of aliphatic hydroxyl groups excluding tert-OH is 1. The maximum atomic E-state index is 8.85. The summed E-state index contributed by atoms with van der Waals surface area (Å²) in [6.45, 7) is 0.699. The van der Waals surface area contributed by atoms with Gasteiger partial charge in [-0.1, -0.05) is 0 Å². The van der Waals surface area contributed by atoms with Crippen LogP contribution in [-0.2, 0) is 6.54 Å². The number of pyridine rings is 2. The van der Waals surface area contributed by atoms with Crippen LogP contribution in [0.3, 0.4) is 0 Å². The zero-order valence-corrected chi connectivity index (χ0v) is 15.3. The van der Waals surface area contributed by atoms with Gasteiger partial charge in [0.05, 0.1) is 41.3 Å². The third kappa shape index (κ3) is 4.37. The first kappa shape index (κ1) is 18.7. The molecule has 0 aromatic carbocycles. The standard InChI is InChI=1S/C17H20N8OS/c18-7-11(8-21-5-6-26)14-4-2-13(19)16(24-14)25(20)9-12-1-3-15-17(23-12)27-10-22-15/h1-4,7-8,10,18,21,26H,5-6,9,19-20H2/b11-8+,18-7?. The van der Waals surface area contributed by atoms with Crippen LogP contribution in [0.25, 0.3) is 15.9 Å². The largest absolute Gasteiger partial charge is 0.396 e. The van der Waals surface area contributed by atoms with Crippen molar-refractivity contribution in [1.82, 2.24) is 20.3 Å². The normalized spacial score (nSPS) is 11.6. The summed E-state index contributed by atoms with van der Waals surface area (Å²) >= 11 is 1.47. The van der Waals surface area contributed by atoms with E-state index in [2.05, 4.69) is 20.3 Å². The monoisotopic (exact) mass is 384 g/mol. The van der Waals surface area contributed by atoms with E-state index in [1.54, 1.807) is 23.8 Å². The summed E-state index contributed by atoms with van der Waals surface area (Å²) in [4.78, 5) is 14.1. The SMILES string of the molecule is N=C/C(=C\NCCO)c1ccc(N)c(N(N)Cc2ccc3ncsc3n2)n1. The van der Waals surface area contributed by atoms with Crippen LogP contribution in [0.4, 0.5) is 11.5 Å². The van der Waals surface area contributed by atoms with E-state index in [-0.39, 0.29) is 6.61 Å². The number of allylic oxidation sites excluding steroid dienone is 1. The number of nitrogens with one attached hydrogen (secondary N) is 2. The number of fused-ring (bicyclic) bond motifs is 1. The van der Waals surface area contributed by atoms with Gasteiger partial charge in [0.25, 0.3) is 0 Å². The van der Waals surface area contributed by atoms with Crippen LogP contribution in [0.15, 0.2) is 36.0 Å². The van der Waals surface area contributed by atoms with E-state index in [4.69, 9.17) is 22.1 Å². The average Bonchev–Trinajstić information content (AvgIpc) is 3.14. The van der Waals surface area contributed by atoms with Gasteiger partial charge in [-0.05, 0) is 24.3 Å². The molecule has 3 heterocycles. The van der Waals surface area contributed by atoms with E-state index in [0.717, 1.165) is 16.0 Å². The molecule has 0 fully saturated rings. The number of nitrogens with zero attached hydrogens (tertiary/aromatic N) is 4. The van der Waals surface area contributed by atoms with Crippen molar-refractivity contribution >= 4 is 45.0 Å². The van der Waals surface area contributed by atoms with Gasteiger partial charge in [-0.3, -0.25) is 5.01 Å². The summed E-state index contributed by atoms with van der Waals surface area (Å²) in [5.74, 6) is 6.59. The van der Waals surface area contributed by atoms with E-state index >= 15 is 0 Å². The lowest BCUT2D eigenvalue weighted by Gasteiger charge is -2.19. The predicted molar refractivity (Wildman–Crippen MR) is 108 cm³/mol. The summed E-state index contributed by atoms with van der Waals surface area (Å²) in [6, 6.07) is 7.17. The van der Waals surface area contributed by atoms with Gasteiger partial charge in [0.2, 0.25) is 0 Å². The van der Waals surface area contributed by atoms with Crippen LogP contribution in [0.5, 0.6) is 0 Å². The molecule has 0 aliphatic carbocycles. The third-order valence-corrected chi connectivity index (χ3v) is 4.46. The highest BCUT2D eigenvalue weighted by atomic mass is 32.1. The van der Waals surface area contributed by atoms with E-state index < -0.39 is 0 Å². The van der Waals surface area contributed by atoms with Crippen LogP contribution in [0, 0.1) is 5.41 Å². The first-order chi connectivity index (χ1) is 13.1. The molecule has 0 aliphatic heterocycles. The highest BCUT2D eigenvalue weighted by molar-refractivity contribution is 7.16. The van der Waals surface area contributed by atoms with Crippen molar-refractivity contribution in [2.75, 3.05) is 23.9 Å². The smallest absolute Gasteiger partial charge is 0.166 e. The maximum absolute atomic E-state index is 8.85. The van der Waals surface area contributed by atoms with E-state index in [1.165, 1.54) is 22.6 Å². The fourth-order valence-electron chi connectivity index (χ4n) is 2.41. The molecule has 0 amide bonds. The molecular formula is C17H20N8OS. The molecule has 3 aromatic heterocycles. The molecule has 0 spiro atoms. The molecule has 0 atom stereocenters. The molecule has 0 saturated carbocycles. The Bertz CT molecular complexity index is 970. The molecule has 3 aromatic rings. The Labute approximate surface area is 159 Å². The average molecular weight is 384 g/mol. The van der Waals surface area contributed by atoms with Crippen molar-refractivity contribution in [3.8, 4) is 0 Å². The van der Waals surface area contributed by atoms with Crippen LogP contribution < -0.4 is 21.9 Å². The number of nitrogen functional groups attached to an aromatic ring is 1. The second-order valence-corrected chi connectivity index (χ2v) is 6.47. The number of aliphatic hydroxyl groups is 1. The van der Waals surface area contributed by atoms with Gasteiger partial charge in [0, 0.05) is 24.5 Å². The molecule has 9 nitrogen and oxygen atoms in total. The predicted octanol–water partition coefficient (Wildman–Crippen LogP) is 1.12. The Morgan fingerprint density at radius 3 is 2.93 bits per heavy atom. The quantitative estimate of drug-likeness (QED) is 0.168. The molecule has 10 heteroatoms. The molecule has 3 rings (SSSR count). The van der Waals surface area contributed by atoms with E-state index in [1.807, 2.05) is 12.1 Å². The molecular weight excluding hydrogens is 364 g/mol. The first-order valence-electron chi connectivity index (χ1n) is 8.15. The molecule has 27 heavy (non-hydrogen) atoms. The lowest BCUT2D eigenvalue weighted by Crippen LogP contribution is -2.32. The van der Waals surface area contributed by atoms with Crippen LogP contribution in [0.1, 0.15) is 11.4 Å². The fraction of sp³-hybridized carbons (Fsp3) is 0.176. The number of hydrazine groups is 1. The zero-order chi connectivity index (χ0) is 19.2. The maximum Gasteiger partial charge on any atom is 0.166 e. The summed E-state index contributed by atoms with van der Waals surface area (Å²) in [6.07, 6.45) is 2.79. The second-order valence-electron chi connectivity index (χ2n) is 5.64. The molecule has 7 N–H and O–H groups in total. The summed E-state index contributed by atoms with van der Waals surface area (Å²) in [5, 5.41) is 20.8. The number of rotatable bonds is 8.